The van der Waals surface area contributed by atoms with Crippen molar-refractivity contribution >= 4 is 17.2 Å². The maximum atomic E-state index is 4.48. The maximum Gasteiger partial charge on any atom is 0.146 e. The van der Waals surface area contributed by atoms with Crippen LogP contribution in [0.5, 0.6) is 0 Å². The van der Waals surface area contributed by atoms with Gasteiger partial charge in [-0.25, -0.2) is 4.98 Å². The highest BCUT2D eigenvalue weighted by Gasteiger charge is 2.05. The maximum absolute atomic E-state index is 4.48. The Kier molecular flexibility index (Phi) is 5.49. The zero-order valence-electron chi connectivity index (χ0n) is 12.3. The number of rotatable bonds is 7. The molecule has 0 aliphatic carbocycles. The van der Waals surface area contributed by atoms with Gasteiger partial charge in [-0.15, -0.1) is 11.3 Å². The zero-order chi connectivity index (χ0) is 14.4. The van der Waals surface area contributed by atoms with E-state index in [0.29, 0.717) is 6.04 Å². The second kappa shape index (κ2) is 7.36. The summed E-state index contributed by atoms with van der Waals surface area (Å²) in [6, 6.07) is 4.73. The number of nitrogens with one attached hydrogen (secondary N) is 1. The molecule has 20 heavy (non-hydrogen) atoms. The monoisotopic (exact) mass is 290 g/mol. The Hall–Kier alpha value is -1.46. The Balaban J connectivity index is 1.85. The number of hydrogen-bond acceptors (Lipinski definition) is 5. The predicted octanol–water partition coefficient (Wildman–Crippen LogP) is 2.72. The van der Waals surface area contributed by atoms with E-state index >= 15 is 0 Å². The van der Waals surface area contributed by atoms with Crippen LogP contribution < -0.4 is 10.2 Å². The molecule has 5 heteroatoms. The third kappa shape index (κ3) is 4.58. The fourth-order valence-corrected chi connectivity index (χ4v) is 2.49. The van der Waals surface area contributed by atoms with Gasteiger partial charge in [0.2, 0.25) is 0 Å². The summed E-state index contributed by atoms with van der Waals surface area (Å²) in [7, 11) is 2.06. The molecule has 0 saturated heterocycles. The lowest BCUT2D eigenvalue weighted by Gasteiger charge is -2.17. The molecule has 0 aliphatic heterocycles. The van der Waals surface area contributed by atoms with E-state index in [1.54, 1.807) is 11.3 Å². The summed E-state index contributed by atoms with van der Waals surface area (Å²) in [5.41, 5.74) is 0.981. The van der Waals surface area contributed by atoms with Gasteiger partial charge in [-0.3, -0.25) is 4.98 Å². The molecular formula is C15H22N4S. The Morgan fingerprint density at radius 2 is 2.15 bits per heavy atom. The average Bonchev–Trinajstić information content (AvgIpc) is 2.96. The first-order valence-electron chi connectivity index (χ1n) is 6.93. The van der Waals surface area contributed by atoms with Crippen LogP contribution in [0.3, 0.4) is 0 Å². The van der Waals surface area contributed by atoms with Crippen LogP contribution in [-0.2, 0) is 13.0 Å². The highest BCUT2D eigenvalue weighted by molar-refractivity contribution is 7.09. The lowest BCUT2D eigenvalue weighted by atomic mass is 10.3. The highest BCUT2D eigenvalue weighted by atomic mass is 32.1. The van der Waals surface area contributed by atoms with Gasteiger partial charge in [-0.2, -0.15) is 0 Å². The molecule has 2 heterocycles. The normalized spacial score (nSPS) is 11.0. The van der Waals surface area contributed by atoms with Gasteiger partial charge in [0.25, 0.3) is 0 Å². The first-order valence-corrected chi connectivity index (χ1v) is 7.81. The lowest BCUT2D eigenvalue weighted by Crippen LogP contribution is -2.24. The Morgan fingerprint density at radius 1 is 1.30 bits per heavy atom. The van der Waals surface area contributed by atoms with Crippen molar-refractivity contribution in [3.05, 3.63) is 40.5 Å². The molecule has 0 atom stereocenters. The molecule has 0 aliphatic rings. The summed E-state index contributed by atoms with van der Waals surface area (Å²) in [5.74, 6) is 0.926. The van der Waals surface area contributed by atoms with Gasteiger partial charge >= 0.3 is 0 Å². The molecule has 0 amide bonds. The fourth-order valence-electron chi connectivity index (χ4n) is 1.79. The first kappa shape index (κ1) is 14.9. The summed E-state index contributed by atoms with van der Waals surface area (Å²) >= 11 is 1.80. The van der Waals surface area contributed by atoms with Crippen LogP contribution in [0.15, 0.2) is 29.9 Å². The molecule has 2 aromatic heterocycles. The first-order chi connectivity index (χ1) is 9.65. The predicted molar refractivity (Wildman–Crippen MR) is 85.3 cm³/mol. The summed E-state index contributed by atoms with van der Waals surface area (Å²) in [5, 5.41) is 5.46. The zero-order valence-corrected chi connectivity index (χ0v) is 13.2. The standard InChI is InChI=1S/C15H22N4S/c1-12(2)16-9-13-10-18-15(11-17-13)19(3)7-6-14-5-4-8-20-14/h4-5,8,10-12,16H,6-7,9H2,1-3H3. The van der Waals surface area contributed by atoms with E-state index in [9.17, 15) is 0 Å². The smallest absolute Gasteiger partial charge is 0.146 e. The van der Waals surface area contributed by atoms with E-state index in [1.807, 2.05) is 12.4 Å². The molecule has 0 saturated carbocycles. The van der Waals surface area contributed by atoms with Gasteiger partial charge in [-0.05, 0) is 17.9 Å². The van der Waals surface area contributed by atoms with Crippen LogP contribution >= 0.6 is 11.3 Å². The number of thiophene rings is 1. The third-order valence-electron chi connectivity index (χ3n) is 3.05. The molecule has 0 aromatic carbocycles. The van der Waals surface area contributed by atoms with Crippen LogP contribution in [0, 0.1) is 0 Å². The number of nitrogens with zero attached hydrogens (tertiary/aromatic N) is 3. The molecule has 0 bridgehead atoms. The van der Waals surface area contributed by atoms with Gasteiger partial charge in [-0.1, -0.05) is 19.9 Å². The minimum atomic E-state index is 0.463. The number of hydrogen-bond donors (Lipinski definition) is 1. The minimum Gasteiger partial charge on any atom is -0.358 e. The molecule has 0 spiro atoms. The molecule has 0 radical (unpaired) electrons. The van der Waals surface area contributed by atoms with Crippen LogP contribution in [0.1, 0.15) is 24.4 Å². The minimum absolute atomic E-state index is 0.463. The van der Waals surface area contributed by atoms with Crippen LogP contribution in [0.2, 0.25) is 0 Å². The van der Waals surface area contributed by atoms with Crippen LogP contribution in [0.25, 0.3) is 0 Å². The van der Waals surface area contributed by atoms with E-state index < -0.39 is 0 Å². The van der Waals surface area contributed by atoms with Crippen molar-refractivity contribution in [2.45, 2.75) is 32.9 Å². The van der Waals surface area contributed by atoms with Crippen molar-refractivity contribution in [3.63, 3.8) is 0 Å². The Labute approximate surface area is 124 Å². The van der Waals surface area contributed by atoms with E-state index in [2.05, 4.69) is 58.6 Å². The summed E-state index contributed by atoms with van der Waals surface area (Å²) in [4.78, 5) is 12.5. The van der Waals surface area contributed by atoms with Crippen LogP contribution in [-0.4, -0.2) is 29.6 Å². The molecular weight excluding hydrogens is 268 g/mol. The van der Waals surface area contributed by atoms with Crippen molar-refractivity contribution in [2.75, 3.05) is 18.5 Å². The molecule has 108 valence electrons. The second-order valence-corrected chi connectivity index (χ2v) is 6.18. The van der Waals surface area contributed by atoms with E-state index in [0.717, 1.165) is 31.0 Å². The molecule has 2 rings (SSSR count). The van der Waals surface area contributed by atoms with Crippen molar-refractivity contribution in [1.82, 2.24) is 15.3 Å². The topological polar surface area (TPSA) is 41.1 Å². The van der Waals surface area contributed by atoms with Gasteiger partial charge in [0.1, 0.15) is 5.82 Å². The molecule has 4 nitrogen and oxygen atoms in total. The molecule has 2 aromatic rings. The highest BCUT2D eigenvalue weighted by Crippen LogP contribution is 2.12. The fraction of sp³-hybridized carbons (Fsp3) is 0.467. The van der Waals surface area contributed by atoms with E-state index in [4.69, 9.17) is 0 Å². The van der Waals surface area contributed by atoms with Crippen molar-refractivity contribution < 1.29 is 0 Å². The van der Waals surface area contributed by atoms with Gasteiger partial charge < -0.3 is 10.2 Å². The molecule has 0 unspecified atom stereocenters. The summed E-state index contributed by atoms with van der Waals surface area (Å²) in [6.07, 6.45) is 4.75. The van der Waals surface area contributed by atoms with E-state index in [-0.39, 0.29) is 0 Å². The van der Waals surface area contributed by atoms with Gasteiger partial charge in [0.15, 0.2) is 0 Å². The number of anilines is 1. The average molecular weight is 290 g/mol. The molecule has 1 N–H and O–H groups in total. The van der Waals surface area contributed by atoms with Crippen molar-refractivity contribution in [2.24, 2.45) is 0 Å². The summed E-state index contributed by atoms with van der Waals surface area (Å²) < 4.78 is 0. The number of likely N-dealkylation sites (N-methyl/N-ethyl adjacent to an activating group) is 1. The Bertz CT molecular complexity index is 493. The summed E-state index contributed by atoms with van der Waals surface area (Å²) in [6.45, 7) is 5.98. The lowest BCUT2D eigenvalue weighted by molar-refractivity contribution is 0.580. The van der Waals surface area contributed by atoms with E-state index in [1.165, 1.54) is 4.88 Å². The third-order valence-corrected chi connectivity index (χ3v) is 3.98. The van der Waals surface area contributed by atoms with Crippen molar-refractivity contribution in [3.8, 4) is 0 Å². The van der Waals surface area contributed by atoms with Crippen LogP contribution in [0.4, 0.5) is 5.82 Å². The van der Waals surface area contributed by atoms with Crippen molar-refractivity contribution in [1.29, 1.82) is 0 Å². The number of aromatic nitrogens is 2. The second-order valence-electron chi connectivity index (χ2n) is 5.15. The largest absolute Gasteiger partial charge is 0.358 e. The van der Waals surface area contributed by atoms with Gasteiger partial charge in [0.05, 0.1) is 18.1 Å². The SMILES string of the molecule is CC(C)NCc1cnc(N(C)CCc2cccs2)cn1. The Morgan fingerprint density at radius 3 is 2.75 bits per heavy atom. The van der Waals surface area contributed by atoms with Gasteiger partial charge in [0, 0.05) is 31.1 Å². The quantitative estimate of drug-likeness (QED) is 0.851. The molecule has 0 fully saturated rings.